The van der Waals surface area contributed by atoms with Gasteiger partial charge in [0.2, 0.25) is 0 Å². The van der Waals surface area contributed by atoms with Gasteiger partial charge in [-0.3, -0.25) is 9.78 Å². The molecule has 7 nitrogen and oxygen atoms in total. The zero-order valence-corrected chi connectivity index (χ0v) is 15.0. The molecule has 10 heteroatoms. The molecule has 3 N–H and O–H groups in total. The van der Waals surface area contributed by atoms with E-state index in [9.17, 15) is 13.6 Å². The van der Waals surface area contributed by atoms with E-state index in [-0.39, 0.29) is 16.5 Å². The number of nitrogens with one attached hydrogen (secondary N) is 1. The Bertz CT molecular complexity index is 1000. The van der Waals surface area contributed by atoms with Crippen molar-refractivity contribution in [2.24, 2.45) is 5.73 Å². The predicted octanol–water partition coefficient (Wildman–Crippen LogP) is 3.50. The Morgan fingerprint density at radius 3 is 2.82 bits per heavy atom. The standard InChI is InChI=1S/C18H14ClF2N5O2/c19-13-7-24-14(17(22)27)5-12(13)15-8-23-9-16(26-15)25-6-10-2-1-3-11(4-10)28-18(20)21/h1-5,7-9,18H,6H2,(H2,22,27)(H,25,26). The number of carbonyl (C=O) groups is 1. The third-order valence-corrected chi connectivity index (χ3v) is 3.92. The molecule has 28 heavy (non-hydrogen) atoms. The van der Waals surface area contributed by atoms with E-state index in [1.165, 1.54) is 36.8 Å². The highest BCUT2D eigenvalue weighted by atomic mass is 35.5. The molecule has 1 amide bonds. The SMILES string of the molecule is NC(=O)c1cc(-c2cncc(NCc3cccc(OC(F)F)c3)n2)c(Cl)cn1. The van der Waals surface area contributed by atoms with Crippen LogP contribution in [0.1, 0.15) is 16.1 Å². The maximum atomic E-state index is 12.3. The summed E-state index contributed by atoms with van der Waals surface area (Å²) in [4.78, 5) is 23.7. The number of rotatable bonds is 7. The lowest BCUT2D eigenvalue weighted by atomic mass is 10.1. The van der Waals surface area contributed by atoms with E-state index in [1.807, 2.05) is 0 Å². The van der Waals surface area contributed by atoms with Crippen molar-refractivity contribution in [2.45, 2.75) is 13.2 Å². The normalized spacial score (nSPS) is 10.7. The third kappa shape index (κ3) is 4.89. The van der Waals surface area contributed by atoms with Crippen molar-refractivity contribution in [3.8, 4) is 17.0 Å². The molecule has 2 aromatic heterocycles. The summed E-state index contributed by atoms with van der Waals surface area (Å²) < 4.78 is 29.0. The van der Waals surface area contributed by atoms with Gasteiger partial charge in [-0.1, -0.05) is 23.7 Å². The van der Waals surface area contributed by atoms with Gasteiger partial charge in [-0.2, -0.15) is 8.78 Å². The average molecular weight is 406 g/mol. The van der Waals surface area contributed by atoms with Crippen LogP contribution >= 0.6 is 11.6 Å². The van der Waals surface area contributed by atoms with E-state index in [0.717, 1.165) is 0 Å². The Hall–Kier alpha value is -3.33. The summed E-state index contributed by atoms with van der Waals surface area (Å²) in [6.45, 7) is -2.59. The molecule has 0 spiro atoms. The minimum absolute atomic E-state index is 0.0513. The number of hydrogen-bond donors (Lipinski definition) is 2. The summed E-state index contributed by atoms with van der Waals surface area (Å²) in [5, 5.41) is 3.33. The van der Waals surface area contributed by atoms with Gasteiger partial charge in [-0.05, 0) is 23.8 Å². The van der Waals surface area contributed by atoms with E-state index in [2.05, 4.69) is 25.0 Å². The minimum Gasteiger partial charge on any atom is -0.435 e. The Balaban J connectivity index is 1.78. The van der Waals surface area contributed by atoms with Crippen LogP contribution in [0.4, 0.5) is 14.6 Å². The van der Waals surface area contributed by atoms with E-state index in [4.69, 9.17) is 17.3 Å². The number of amides is 1. The lowest BCUT2D eigenvalue weighted by Crippen LogP contribution is -2.13. The second kappa shape index (κ2) is 8.57. The zero-order chi connectivity index (χ0) is 20.1. The van der Waals surface area contributed by atoms with Crippen LogP contribution < -0.4 is 15.8 Å². The highest BCUT2D eigenvalue weighted by molar-refractivity contribution is 6.33. The quantitative estimate of drug-likeness (QED) is 0.623. The number of nitrogens with zero attached hydrogens (tertiary/aromatic N) is 3. The molecule has 0 aliphatic rings. The molecule has 144 valence electrons. The number of nitrogens with two attached hydrogens (primary N) is 1. The molecular weight excluding hydrogens is 392 g/mol. The molecule has 0 atom stereocenters. The number of alkyl halides is 2. The van der Waals surface area contributed by atoms with Gasteiger partial charge in [0.15, 0.2) is 0 Å². The van der Waals surface area contributed by atoms with Crippen LogP contribution in [-0.2, 0) is 6.54 Å². The summed E-state index contributed by atoms with van der Waals surface area (Å²) in [5.74, 6) is -0.200. The zero-order valence-electron chi connectivity index (χ0n) is 14.3. The highest BCUT2D eigenvalue weighted by Gasteiger charge is 2.12. The van der Waals surface area contributed by atoms with Gasteiger partial charge in [0, 0.05) is 18.3 Å². The molecule has 0 unspecified atom stereocenters. The van der Waals surface area contributed by atoms with Crippen molar-refractivity contribution in [3.05, 3.63) is 65.2 Å². The number of anilines is 1. The number of carbonyl (C=O) groups excluding carboxylic acids is 1. The van der Waals surface area contributed by atoms with Crippen LogP contribution in [0.5, 0.6) is 5.75 Å². The molecule has 2 heterocycles. The predicted molar refractivity (Wildman–Crippen MR) is 99.2 cm³/mol. The molecule has 0 saturated carbocycles. The van der Waals surface area contributed by atoms with E-state index >= 15 is 0 Å². The first-order valence-corrected chi connectivity index (χ1v) is 8.35. The fourth-order valence-corrected chi connectivity index (χ4v) is 2.58. The highest BCUT2D eigenvalue weighted by Crippen LogP contribution is 2.26. The van der Waals surface area contributed by atoms with Crippen molar-refractivity contribution >= 4 is 23.3 Å². The van der Waals surface area contributed by atoms with Crippen molar-refractivity contribution in [1.29, 1.82) is 0 Å². The number of halogens is 3. The summed E-state index contributed by atoms with van der Waals surface area (Å²) in [6.07, 6.45) is 4.29. The monoisotopic (exact) mass is 405 g/mol. The van der Waals surface area contributed by atoms with E-state index in [1.54, 1.807) is 12.1 Å². The lowest BCUT2D eigenvalue weighted by Gasteiger charge is -2.10. The van der Waals surface area contributed by atoms with Crippen LogP contribution in [0.25, 0.3) is 11.3 Å². The molecule has 3 rings (SSSR count). The molecule has 0 aliphatic carbocycles. The molecule has 1 aromatic carbocycles. The van der Waals surface area contributed by atoms with E-state index in [0.29, 0.717) is 29.2 Å². The van der Waals surface area contributed by atoms with Gasteiger partial charge in [0.05, 0.1) is 23.1 Å². The molecule has 0 aliphatic heterocycles. The summed E-state index contributed by atoms with van der Waals surface area (Å²) in [7, 11) is 0. The van der Waals surface area contributed by atoms with Crippen molar-refractivity contribution in [2.75, 3.05) is 5.32 Å². The van der Waals surface area contributed by atoms with Crippen LogP contribution in [0, 0.1) is 0 Å². The van der Waals surface area contributed by atoms with Crippen LogP contribution in [0.15, 0.2) is 48.9 Å². The molecule has 0 radical (unpaired) electrons. The fraction of sp³-hybridized carbons (Fsp3) is 0.111. The second-order valence-corrected chi connectivity index (χ2v) is 5.99. The molecule has 0 fully saturated rings. The molecular formula is C18H14ClF2N5O2. The smallest absolute Gasteiger partial charge is 0.387 e. The molecule has 0 bridgehead atoms. The second-order valence-electron chi connectivity index (χ2n) is 5.58. The largest absolute Gasteiger partial charge is 0.435 e. The van der Waals surface area contributed by atoms with Crippen molar-refractivity contribution in [3.63, 3.8) is 0 Å². The lowest BCUT2D eigenvalue weighted by molar-refractivity contribution is -0.0498. The van der Waals surface area contributed by atoms with Gasteiger partial charge in [0.25, 0.3) is 5.91 Å². The maximum Gasteiger partial charge on any atom is 0.387 e. The fourth-order valence-electron chi connectivity index (χ4n) is 2.37. The van der Waals surface area contributed by atoms with Crippen LogP contribution in [0.3, 0.4) is 0 Å². The van der Waals surface area contributed by atoms with Crippen LogP contribution in [0.2, 0.25) is 5.02 Å². The van der Waals surface area contributed by atoms with Gasteiger partial charge < -0.3 is 15.8 Å². The maximum absolute atomic E-state index is 12.3. The number of benzene rings is 1. The Morgan fingerprint density at radius 2 is 2.07 bits per heavy atom. The van der Waals surface area contributed by atoms with E-state index < -0.39 is 12.5 Å². The van der Waals surface area contributed by atoms with Gasteiger partial charge in [-0.15, -0.1) is 0 Å². The Kier molecular flexibility index (Phi) is 5.95. The average Bonchev–Trinajstić information content (AvgIpc) is 2.66. The minimum atomic E-state index is -2.89. The van der Waals surface area contributed by atoms with Gasteiger partial charge in [0.1, 0.15) is 17.3 Å². The first kappa shape index (κ1) is 19.4. The first-order valence-electron chi connectivity index (χ1n) is 7.98. The topological polar surface area (TPSA) is 103 Å². The molecule has 0 saturated heterocycles. The third-order valence-electron chi connectivity index (χ3n) is 3.62. The molecule has 3 aromatic rings. The number of aromatic nitrogens is 3. The van der Waals surface area contributed by atoms with Gasteiger partial charge in [-0.25, -0.2) is 9.97 Å². The summed E-state index contributed by atoms with van der Waals surface area (Å²) in [6, 6.07) is 7.73. The number of pyridine rings is 1. The number of hydrogen-bond acceptors (Lipinski definition) is 6. The number of primary amides is 1. The Labute approximate surface area is 163 Å². The van der Waals surface area contributed by atoms with Crippen molar-refractivity contribution < 1.29 is 18.3 Å². The first-order chi connectivity index (χ1) is 13.4. The Morgan fingerprint density at radius 1 is 1.25 bits per heavy atom. The van der Waals surface area contributed by atoms with Crippen molar-refractivity contribution in [1.82, 2.24) is 15.0 Å². The number of ether oxygens (including phenoxy) is 1. The van der Waals surface area contributed by atoms with Gasteiger partial charge >= 0.3 is 6.61 Å². The summed E-state index contributed by atoms with van der Waals surface area (Å²) in [5.41, 5.74) is 6.87. The summed E-state index contributed by atoms with van der Waals surface area (Å²) >= 11 is 6.14. The van der Waals surface area contributed by atoms with Crippen LogP contribution in [-0.4, -0.2) is 27.5 Å².